The molecule has 1 rings (SSSR count). The van der Waals surface area contributed by atoms with E-state index in [4.69, 9.17) is 4.74 Å². The molecular weight excluding hydrogens is 300 g/mol. The van der Waals surface area contributed by atoms with E-state index in [1.54, 1.807) is 6.92 Å². The molecule has 0 aromatic heterocycles. The fraction of sp³-hybridized carbons (Fsp3) is 0.650. The second kappa shape index (κ2) is 9.07. The molecule has 0 aliphatic carbocycles. The number of rotatable bonds is 8. The average Bonchev–Trinajstić information content (AvgIpc) is 2.53. The highest BCUT2D eigenvalue weighted by molar-refractivity contribution is 5.80. The highest BCUT2D eigenvalue weighted by atomic mass is 16.5. The standard InChI is InChI=1S/C20H34N2O2/c1-8-15(2)22(7)14-13-21-19(23)16(3)24-18-11-9-17(10-12-18)20(4,5)6/h9-12,15-16H,8,13-14H2,1-7H3,(H,21,23)/t15-,16-/m0/s1. The summed E-state index contributed by atoms with van der Waals surface area (Å²) in [6.07, 6.45) is 0.605. The smallest absolute Gasteiger partial charge is 0.260 e. The Balaban J connectivity index is 2.44. The van der Waals surface area contributed by atoms with E-state index in [0.717, 1.165) is 18.7 Å². The molecule has 1 amide bonds. The van der Waals surface area contributed by atoms with Gasteiger partial charge in [-0.05, 0) is 50.4 Å². The van der Waals surface area contributed by atoms with Crippen LogP contribution in [0.4, 0.5) is 0 Å². The van der Waals surface area contributed by atoms with Gasteiger partial charge in [0.05, 0.1) is 0 Å². The predicted octanol–water partition coefficient (Wildman–Crippen LogP) is 3.60. The third-order valence-electron chi connectivity index (χ3n) is 4.51. The Morgan fingerprint density at radius 1 is 1.21 bits per heavy atom. The molecule has 0 fully saturated rings. The Morgan fingerprint density at radius 3 is 2.29 bits per heavy atom. The molecule has 0 aliphatic rings. The van der Waals surface area contributed by atoms with Crippen molar-refractivity contribution in [3.05, 3.63) is 29.8 Å². The van der Waals surface area contributed by atoms with Gasteiger partial charge in [0.15, 0.2) is 6.10 Å². The van der Waals surface area contributed by atoms with Crippen molar-refractivity contribution < 1.29 is 9.53 Å². The van der Waals surface area contributed by atoms with Crippen LogP contribution in [0, 0.1) is 0 Å². The Bertz CT molecular complexity index is 505. The van der Waals surface area contributed by atoms with Gasteiger partial charge in [0.25, 0.3) is 5.91 Å². The second-order valence-corrected chi connectivity index (χ2v) is 7.56. The van der Waals surface area contributed by atoms with E-state index in [1.165, 1.54) is 5.56 Å². The molecule has 0 aliphatic heterocycles. The van der Waals surface area contributed by atoms with Gasteiger partial charge in [-0.15, -0.1) is 0 Å². The maximum atomic E-state index is 12.1. The third-order valence-corrected chi connectivity index (χ3v) is 4.51. The van der Waals surface area contributed by atoms with Crippen molar-refractivity contribution in [3.63, 3.8) is 0 Å². The maximum absolute atomic E-state index is 12.1. The number of nitrogens with one attached hydrogen (secondary N) is 1. The van der Waals surface area contributed by atoms with E-state index in [2.05, 4.69) is 64.0 Å². The Kier molecular flexibility index (Phi) is 7.74. The lowest BCUT2D eigenvalue weighted by Gasteiger charge is -2.24. The van der Waals surface area contributed by atoms with Gasteiger partial charge in [0.2, 0.25) is 0 Å². The van der Waals surface area contributed by atoms with Gasteiger partial charge >= 0.3 is 0 Å². The van der Waals surface area contributed by atoms with Gasteiger partial charge in [-0.1, -0.05) is 39.8 Å². The van der Waals surface area contributed by atoms with Gasteiger partial charge in [-0.2, -0.15) is 0 Å². The number of hydrogen-bond donors (Lipinski definition) is 1. The number of ether oxygens (including phenoxy) is 1. The molecule has 4 heteroatoms. The van der Waals surface area contributed by atoms with Crippen LogP contribution >= 0.6 is 0 Å². The summed E-state index contributed by atoms with van der Waals surface area (Å²) in [5.74, 6) is 0.648. The molecule has 1 aromatic carbocycles. The van der Waals surface area contributed by atoms with Gasteiger partial charge in [-0.3, -0.25) is 4.79 Å². The molecule has 0 saturated carbocycles. The van der Waals surface area contributed by atoms with E-state index in [0.29, 0.717) is 12.6 Å². The number of amides is 1. The number of nitrogens with zero attached hydrogens (tertiary/aromatic N) is 1. The van der Waals surface area contributed by atoms with Gasteiger partial charge in [-0.25, -0.2) is 0 Å². The minimum atomic E-state index is -0.501. The number of carbonyl (C=O) groups excluding carboxylic acids is 1. The first kappa shape index (κ1) is 20.5. The summed E-state index contributed by atoms with van der Waals surface area (Å²) in [5, 5.41) is 2.94. The minimum absolute atomic E-state index is 0.0764. The van der Waals surface area contributed by atoms with Crippen molar-refractivity contribution in [3.8, 4) is 5.75 Å². The first-order valence-electron chi connectivity index (χ1n) is 8.90. The average molecular weight is 335 g/mol. The van der Waals surface area contributed by atoms with Crippen LogP contribution in [-0.4, -0.2) is 43.1 Å². The predicted molar refractivity (Wildman–Crippen MR) is 101 cm³/mol. The molecule has 136 valence electrons. The van der Waals surface area contributed by atoms with Crippen LogP contribution in [-0.2, 0) is 10.2 Å². The molecule has 4 nitrogen and oxygen atoms in total. The van der Waals surface area contributed by atoms with Crippen LogP contribution in [0.15, 0.2) is 24.3 Å². The summed E-state index contributed by atoms with van der Waals surface area (Å²) >= 11 is 0. The topological polar surface area (TPSA) is 41.6 Å². The Hall–Kier alpha value is -1.55. The van der Waals surface area contributed by atoms with E-state index in [1.807, 2.05) is 12.1 Å². The molecular formula is C20H34N2O2. The van der Waals surface area contributed by atoms with Crippen molar-refractivity contribution in [1.82, 2.24) is 10.2 Å². The van der Waals surface area contributed by atoms with Crippen LogP contribution in [0.5, 0.6) is 5.75 Å². The molecule has 0 spiro atoms. The first-order chi connectivity index (χ1) is 11.1. The molecule has 1 N–H and O–H groups in total. The zero-order valence-corrected chi connectivity index (χ0v) is 16.3. The van der Waals surface area contributed by atoms with Gasteiger partial charge < -0.3 is 15.0 Å². The Labute approximate surface area is 147 Å². The van der Waals surface area contributed by atoms with Crippen molar-refractivity contribution in [2.45, 2.75) is 65.5 Å². The molecule has 24 heavy (non-hydrogen) atoms. The molecule has 0 saturated heterocycles. The zero-order valence-electron chi connectivity index (χ0n) is 16.3. The van der Waals surface area contributed by atoms with E-state index in [9.17, 15) is 4.79 Å². The summed E-state index contributed by atoms with van der Waals surface area (Å²) in [5.41, 5.74) is 1.36. The lowest BCUT2D eigenvalue weighted by Crippen LogP contribution is -2.41. The molecule has 0 heterocycles. The minimum Gasteiger partial charge on any atom is -0.481 e. The van der Waals surface area contributed by atoms with Gasteiger partial charge in [0.1, 0.15) is 5.75 Å². The molecule has 1 aromatic rings. The summed E-state index contributed by atoms with van der Waals surface area (Å²) in [7, 11) is 2.08. The molecule has 2 atom stereocenters. The lowest BCUT2D eigenvalue weighted by atomic mass is 9.87. The summed E-state index contributed by atoms with van der Waals surface area (Å²) in [4.78, 5) is 14.4. The van der Waals surface area contributed by atoms with Gasteiger partial charge in [0, 0.05) is 19.1 Å². The summed E-state index contributed by atoms with van der Waals surface area (Å²) < 4.78 is 5.74. The number of carbonyl (C=O) groups is 1. The fourth-order valence-electron chi connectivity index (χ4n) is 2.32. The molecule has 0 bridgehead atoms. The van der Waals surface area contributed by atoms with Crippen LogP contribution < -0.4 is 10.1 Å². The second-order valence-electron chi connectivity index (χ2n) is 7.56. The van der Waals surface area contributed by atoms with Crippen molar-refractivity contribution in [1.29, 1.82) is 0 Å². The summed E-state index contributed by atoms with van der Waals surface area (Å²) in [6, 6.07) is 8.50. The van der Waals surface area contributed by atoms with Crippen LogP contribution in [0.1, 0.15) is 53.5 Å². The normalized spacial score (nSPS) is 14.3. The number of likely N-dealkylation sites (N-methyl/N-ethyl adjacent to an activating group) is 1. The largest absolute Gasteiger partial charge is 0.481 e. The maximum Gasteiger partial charge on any atom is 0.260 e. The lowest BCUT2D eigenvalue weighted by molar-refractivity contribution is -0.127. The first-order valence-corrected chi connectivity index (χ1v) is 8.90. The fourth-order valence-corrected chi connectivity index (χ4v) is 2.32. The van der Waals surface area contributed by atoms with Crippen molar-refractivity contribution >= 4 is 5.91 Å². The van der Waals surface area contributed by atoms with Crippen molar-refractivity contribution in [2.24, 2.45) is 0 Å². The molecule has 0 radical (unpaired) electrons. The third kappa shape index (κ3) is 6.52. The van der Waals surface area contributed by atoms with E-state index < -0.39 is 6.10 Å². The Morgan fingerprint density at radius 2 is 1.79 bits per heavy atom. The number of benzene rings is 1. The highest BCUT2D eigenvalue weighted by Gasteiger charge is 2.16. The van der Waals surface area contributed by atoms with Crippen molar-refractivity contribution in [2.75, 3.05) is 20.1 Å². The van der Waals surface area contributed by atoms with E-state index in [-0.39, 0.29) is 11.3 Å². The number of hydrogen-bond acceptors (Lipinski definition) is 3. The van der Waals surface area contributed by atoms with Crippen LogP contribution in [0.25, 0.3) is 0 Å². The molecule has 0 unspecified atom stereocenters. The SMILES string of the molecule is CC[C@H](C)N(C)CCNC(=O)[C@H](C)Oc1ccc(C(C)(C)C)cc1. The summed E-state index contributed by atoms with van der Waals surface area (Å²) in [6.45, 7) is 14.1. The van der Waals surface area contributed by atoms with E-state index >= 15 is 0 Å². The highest BCUT2D eigenvalue weighted by Crippen LogP contribution is 2.24. The van der Waals surface area contributed by atoms with Crippen LogP contribution in [0.3, 0.4) is 0 Å². The zero-order chi connectivity index (χ0) is 18.3. The van der Waals surface area contributed by atoms with Crippen LogP contribution in [0.2, 0.25) is 0 Å². The monoisotopic (exact) mass is 334 g/mol. The quantitative estimate of drug-likeness (QED) is 0.790.